The van der Waals surface area contributed by atoms with Crippen molar-refractivity contribution < 1.29 is 13.2 Å². The number of thiol groups is 1. The molecule has 0 aliphatic carbocycles. The summed E-state index contributed by atoms with van der Waals surface area (Å²) in [6.07, 6.45) is 0. The molecule has 1 atom stereocenters. The molecule has 0 amide bonds. The van der Waals surface area contributed by atoms with Gasteiger partial charge in [0.25, 0.3) is 0 Å². The summed E-state index contributed by atoms with van der Waals surface area (Å²) >= 11 is 5.76. The monoisotopic (exact) mass is 459 g/mol. The van der Waals surface area contributed by atoms with Gasteiger partial charge in [-0.1, -0.05) is 16.8 Å². The van der Waals surface area contributed by atoms with E-state index in [0.717, 1.165) is 5.69 Å². The first-order valence-corrected chi connectivity index (χ1v) is 12.1. The fraction of sp³-hybridized carbons (Fsp3) is 0.250. The van der Waals surface area contributed by atoms with Gasteiger partial charge in [0.15, 0.2) is 11.5 Å². The Balaban J connectivity index is 1.75. The van der Waals surface area contributed by atoms with Gasteiger partial charge in [-0.2, -0.15) is 5.10 Å². The van der Waals surface area contributed by atoms with Gasteiger partial charge in [-0.05, 0) is 55.4 Å². The Hall–Kier alpha value is -2.20. The molecule has 0 spiro atoms. The molecule has 0 bridgehead atoms. The van der Waals surface area contributed by atoms with Crippen LogP contribution in [0, 0.1) is 25.1 Å². The molecule has 2 heterocycles. The van der Waals surface area contributed by atoms with Crippen LogP contribution >= 0.6 is 20.0 Å². The summed E-state index contributed by atoms with van der Waals surface area (Å²) in [4.78, 5) is 0.622. The van der Waals surface area contributed by atoms with Gasteiger partial charge in [0.2, 0.25) is 0 Å². The van der Waals surface area contributed by atoms with Crippen molar-refractivity contribution in [2.24, 2.45) is 7.05 Å². The van der Waals surface area contributed by atoms with E-state index in [2.05, 4.69) is 33.9 Å². The van der Waals surface area contributed by atoms with E-state index in [9.17, 15) is 8.60 Å². The van der Waals surface area contributed by atoms with E-state index < -0.39 is 15.6 Å². The van der Waals surface area contributed by atoms with Crippen LogP contribution in [0.15, 0.2) is 27.7 Å². The molecule has 0 fully saturated rings. The summed E-state index contributed by atoms with van der Waals surface area (Å²) in [5, 5.41) is 22.7. The van der Waals surface area contributed by atoms with Crippen molar-refractivity contribution in [3.8, 4) is 0 Å². The maximum Gasteiger partial charge on any atom is 0.174 e. The molecule has 0 saturated heterocycles. The Morgan fingerprint density at radius 1 is 1.41 bits per heavy atom. The van der Waals surface area contributed by atoms with Crippen LogP contribution in [0.3, 0.4) is 0 Å². The molecular weight excluding hydrogens is 440 g/mol. The third kappa shape index (κ3) is 4.53. The van der Waals surface area contributed by atoms with Gasteiger partial charge in [0.1, 0.15) is 11.5 Å². The van der Waals surface area contributed by atoms with E-state index in [1.165, 1.54) is 18.2 Å². The van der Waals surface area contributed by atoms with Crippen molar-refractivity contribution in [3.63, 3.8) is 0 Å². The molecule has 3 N–H and O–H groups in total. The highest BCUT2D eigenvalue weighted by Gasteiger charge is 2.23. The first-order chi connectivity index (χ1) is 13.6. The van der Waals surface area contributed by atoms with E-state index in [-0.39, 0.29) is 28.8 Å². The molecule has 9 nitrogen and oxygen atoms in total. The second-order valence-corrected chi connectivity index (χ2v) is 11.0. The van der Waals surface area contributed by atoms with Crippen LogP contribution in [-0.4, -0.2) is 30.1 Å². The highest BCUT2D eigenvalue weighted by molar-refractivity contribution is 8.44. The zero-order valence-corrected chi connectivity index (χ0v) is 18.6. The van der Waals surface area contributed by atoms with E-state index in [1.54, 1.807) is 18.7 Å². The van der Waals surface area contributed by atoms with Crippen LogP contribution in [0.25, 0.3) is 0 Å². The number of amidine groups is 1. The molecule has 0 aliphatic heterocycles. The Labute approximate surface area is 174 Å². The number of nitrogens with one attached hydrogen (secondary N) is 3. The van der Waals surface area contributed by atoms with Crippen LogP contribution in [-0.2, 0) is 23.3 Å². The third-order valence-corrected chi connectivity index (χ3v) is 7.82. The summed E-state index contributed by atoms with van der Waals surface area (Å²) < 4.78 is 35.9. The third-order valence-electron chi connectivity index (χ3n) is 4.27. The van der Waals surface area contributed by atoms with Crippen molar-refractivity contribution >= 4 is 41.3 Å². The lowest BCUT2D eigenvalue weighted by molar-refractivity contribution is 0.302. The molecule has 1 aromatic carbocycles. The van der Waals surface area contributed by atoms with Crippen molar-refractivity contribution in [1.82, 2.24) is 24.8 Å². The molecule has 0 aliphatic rings. The van der Waals surface area contributed by atoms with Gasteiger partial charge in [-0.3, -0.25) is 14.3 Å². The predicted octanol–water partition coefficient (Wildman–Crippen LogP) is 2.52. The normalized spacial score (nSPS) is 12.2. The van der Waals surface area contributed by atoms with Gasteiger partial charge < -0.3 is 5.32 Å². The average Bonchev–Trinajstić information content (AvgIpc) is 3.21. The lowest BCUT2D eigenvalue weighted by Crippen LogP contribution is -2.27. The highest BCUT2D eigenvalue weighted by atomic mass is 35.5. The minimum Gasteiger partial charge on any atom is -0.339 e. The molecular formula is C16H20ClFN7O2PS. The van der Waals surface area contributed by atoms with Crippen LogP contribution in [0.2, 0.25) is 5.02 Å². The van der Waals surface area contributed by atoms with Crippen LogP contribution in [0.4, 0.5) is 10.1 Å². The van der Waals surface area contributed by atoms with E-state index in [4.69, 9.17) is 21.6 Å². The minimum absolute atomic E-state index is 0.0433. The fourth-order valence-corrected chi connectivity index (χ4v) is 6.07. The molecule has 1 unspecified atom stereocenters. The average molecular weight is 460 g/mol. The number of anilines is 1. The number of halogens is 2. The first kappa shape index (κ1) is 21.5. The Bertz CT molecular complexity index is 1130. The van der Waals surface area contributed by atoms with E-state index in [0.29, 0.717) is 16.3 Å². The Morgan fingerprint density at radius 2 is 2.14 bits per heavy atom. The second-order valence-electron chi connectivity index (χ2n) is 6.32. The molecule has 156 valence electrons. The lowest BCUT2D eigenvalue weighted by atomic mass is 10.2. The van der Waals surface area contributed by atoms with Crippen molar-refractivity contribution in [3.05, 3.63) is 51.8 Å². The minimum atomic E-state index is -3.05. The van der Waals surface area contributed by atoms with Crippen molar-refractivity contribution in [2.45, 2.75) is 25.3 Å². The summed E-state index contributed by atoms with van der Waals surface area (Å²) in [6, 6.07) is 3.97. The van der Waals surface area contributed by atoms with Crippen molar-refractivity contribution in [2.75, 3.05) is 5.32 Å². The predicted molar refractivity (Wildman–Crippen MR) is 113 cm³/mol. The Kier molecular flexibility index (Phi) is 6.13. The molecule has 29 heavy (non-hydrogen) atoms. The molecule has 3 rings (SSSR count). The number of aromatic nitrogens is 4. The molecule has 0 radical (unpaired) electrons. The highest BCUT2D eigenvalue weighted by Crippen LogP contribution is 2.29. The van der Waals surface area contributed by atoms with Crippen LogP contribution < -0.4 is 10.0 Å². The van der Waals surface area contributed by atoms with E-state index in [1.807, 2.05) is 6.92 Å². The molecule has 13 heteroatoms. The van der Waals surface area contributed by atoms with Gasteiger partial charge in [0.05, 0.1) is 27.9 Å². The number of nitrogens with zero attached hydrogens (tertiary/aromatic N) is 4. The molecule has 3 aromatic rings. The van der Waals surface area contributed by atoms with E-state index >= 15 is 0 Å². The summed E-state index contributed by atoms with van der Waals surface area (Å²) in [5.74, 6) is -0.688. The maximum atomic E-state index is 13.3. The first-order valence-electron chi connectivity index (χ1n) is 8.37. The summed E-state index contributed by atoms with van der Waals surface area (Å²) in [6.45, 7) is 3.67. The number of benzene rings is 1. The Morgan fingerprint density at radius 3 is 2.76 bits per heavy atom. The van der Waals surface area contributed by atoms with Gasteiger partial charge >= 0.3 is 0 Å². The second kappa shape index (κ2) is 8.27. The van der Waals surface area contributed by atoms with Crippen LogP contribution in [0.5, 0.6) is 0 Å². The SMILES string of the molecule is Cc1nn(C)c(C)c1[SH](=O)(P)NCc1nonc1C(=N)Nc1ccc(F)c(Cl)c1. The quantitative estimate of drug-likeness (QED) is 0.194. The number of rotatable bonds is 6. The van der Waals surface area contributed by atoms with Crippen molar-refractivity contribution in [1.29, 1.82) is 5.41 Å². The lowest BCUT2D eigenvalue weighted by Gasteiger charge is -2.20. The fourth-order valence-electron chi connectivity index (χ4n) is 2.80. The largest absolute Gasteiger partial charge is 0.339 e. The topological polar surface area (TPSA) is 122 Å². The summed E-state index contributed by atoms with van der Waals surface area (Å²) in [5.41, 5.74) is 2.27. The van der Waals surface area contributed by atoms with Crippen LogP contribution in [0.1, 0.15) is 22.8 Å². The molecule has 2 aromatic heterocycles. The maximum absolute atomic E-state index is 13.3. The standard InChI is InChI=1S/C16H20ClFN7O2PS/c1-8-15(9(2)25(3)22-8)29(26,28)20-7-13-14(24-27-23-13)16(19)21-10-4-5-12(18)11(17)6-10/h4-6,29H,7,28H2,1-3H3,(H2,19,21)(H,20,26). The van der Waals surface area contributed by atoms with Gasteiger partial charge in [-0.15, -0.1) is 0 Å². The summed E-state index contributed by atoms with van der Waals surface area (Å²) in [7, 11) is 1.09. The number of aryl methyl sites for hydroxylation is 2. The van der Waals surface area contributed by atoms with Gasteiger partial charge in [0, 0.05) is 12.7 Å². The number of hydrogen-bond donors (Lipinski definition) is 4. The molecule has 0 saturated carbocycles. The zero-order valence-electron chi connectivity index (χ0n) is 15.8. The number of hydrogen-bond acceptors (Lipinski definition) is 6. The van der Waals surface area contributed by atoms with Gasteiger partial charge in [-0.25, -0.2) is 13.7 Å². The smallest absolute Gasteiger partial charge is 0.174 e. The zero-order chi connectivity index (χ0) is 21.3.